The lowest BCUT2D eigenvalue weighted by atomic mass is 10.1. The molecule has 0 spiro atoms. The Morgan fingerprint density at radius 1 is 1.22 bits per heavy atom. The molecule has 4 aromatic rings. The summed E-state index contributed by atoms with van der Waals surface area (Å²) in [5.41, 5.74) is 4.94. The first-order valence-corrected chi connectivity index (χ1v) is 12.6. The number of H-pyrrole nitrogens is 1. The lowest BCUT2D eigenvalue weighted by Gasteiger charge is -2.32. The zero-order valence-corrected chi connectivity index (χ0v) is 21.0. The van der Waals surface area contributed by atoms with E-state index in [0.29, 0.717) is 13.1 Å². The van der Waals surface area contributed by atoms with Crippen LogP contribution in [0.15, 0.2) is 73.3 Å². The van der Waals surface area contributed by atoms with E-state index in [2.05, 4.69) is 50.5 Å². The van der Waals surface area contributed by atoms with Crippen LogP contribution in [0.25, 0.3) is 29.5 Å². The van der Waals surface area contributed by atoms with E-state index in [1.807, 2.05) is 65.2 Å². The number of nitrogens with one attached hydrogen (secondary N) is 2. The smallest absolute Gasteiger partial charge is 0.317 e. The van der Waals surface area contributed by atoms with Crippen molar-refractivity contribution in [2.75, 3.05) is 13.1 Å². The molecule has 1 fully saturated rings. The first-order valence-electron chi connectivity index (χ1n) is 12.6. The molecule has 0 bridgehead atoms. The number of benzene rings is 1. The molecule has 0 aliphatic carbocycles. The second-order valence-corrected chi connectivity index (χ2v) is 9.18. The third kappa shape index (κ3) is 5.53. The van der Waals surface area contributed by atoms with E-state index in [1.54, 1.807) is 12.4 Å². The second-order valence-electron chi connectivity index (χ2n) is 9.18. The summed E-state index contributed by atoms with van der Waals surface area (Å²) in [6.07, 6.45) is 13.5. The molecule has 2 N–H and O–H groups in total. The third-order valence-electron chi connectivity index (χ3n) is 6.73. The Labute approximate surface area is 216 Å². The summed E-state index contributed by atoms with van der Waals surface area (Å²) >= 11 is 0. The van der Waals surface area contributed by atoms with E-state index in [0.717, 1.165) is 57.9 Å². The Bertz CT molecular complexity index is 1490. The van der Waals surface area contributed by atoms with Gasteiger partial charge in [-0.15, -0.1) is 0 Å². The second kappa shape index (κ2) is 11.1. The number of piperidine rings is 1. The zero-order chi connectivity index (χ0) is 25.6. The van der Waals surface area contributed by atoms with Crippen molar-refractivity contribution in [2.24, 2.45) is 0 Å². The largest absolute Gasteiger partial charge is 0.334 e. The molecule has 1 aliphatic rings. The molecule has 1 aliphatic heterocycles. The van der Waals surface area contributed by atoms with Crippen LogP contribution in [0.5, 0.6) is 0 Å². The van der Waals surface area contributed by atoms with Crippen LogP contribution in [0.4, 0.5) is 4.79 Å². The van der Waals surface area contributed by atoms with Crippen molar-refractivity contribution in [2.45, 2.75) is 32.4 Å². The summed E-state index contributed by atoms with van der Waals surface area (Å²) in [5, 5.41) is 16.9. The van der Waals surface area contributed by atoms with Gasteiger partial charge in [-0.05, 0) is 49.1 Å². The van der Waals surface area contributed by atoms with Gasteiger partial charge in [0.15, 0.2) is 0 Å². The lowest BCUT2D eigenvalue weighted by molar-refractivity contribution is 0.163. The van der Waals surface area contributed by atoms with Crippen molar-refractivity contribution in [1.29, 1.82) is 0 Å². The maximum Gasteiger partial charge on any atom is 0.317 e. The predicted molar refractivity (Wildman–Crippen MR) is 145 cm³/mol. The molecule has 2 amide bonds. The van der Waals surface area contributed by atoms with Gasteiger partial charge in [-0.2, -0.15) is 10.2 Å². The van der Waals surface area contributed by atoms with Gasteiger partial charge in [0.2, 0.25) is 0 Å². The molecule has 188 valence electrons. The minimum atomic E-state index is -0.0324. The number of aromatic amines is 1. The molecule has 1 saturated heterocycles. The molecular weight excluding hydrogens is 462 g/mol. The van der Waals surface area contributed by atoms with Gasteiger partial charge in [0.1, 0.15) is 5.69 Å². The van der Waals surface area contributed by atoms with E-state index in [-0.39, 0.29) is 12.1 Å². The van der Waals surface area contributed by atoms with Crippen LogP contribution in [0.3, 0.4) is 0 Å². The Hall–Kier alpha value is -4.46. The molecule has 4 heterocycles. The van der Waals surface area contributed by atoms with Crippen molar-refractivity contribution in [3.63, 3.8) is 0 Å². The molecule has 1 unspecified atom stereocenters. The van der Waals surface area contributed by atoms with Crippen molar-refractivity contribution < 1.29 is 4.79 Å². The highest BCUT2D eigenvalue weighted by Gasteiger charge is 2.25. The highest BCUT2D eigenvalue weighted by molar-refractivity contribution is 5.89. The number of carbonyl (C=O) groups excluding carboxylic acids is 1. The van der Waals surface area contributed by atoms with Gasteiger partial charge >= 0.3 is 6.03 Å². The number of likely N-dealkylation sites (tertiary alicyclic amines) is 1. The van der Waals surface area contributed by atoms with Gasteiger partial charge < -0.3 is 10.2 Å². The van der Waals surface area contributed by atoms with Crippen LogP contribution in [0.2, 0.25) is 0 Å². The average molecular weight is 494 g/mol. The van der Waals surface area contributed by atoms with E-state index in [9.17, 15) is 4.79 Å². The number of pyridine rings is 1. The van der Waals surface area contributed by atoms with Crippen LogP contribution in [-0.4, -0.2) is 49.0 Å². The summed E-state index contributed by atoms with van der Waals surface area (Å²) in [7, 11) is 0. The number of hydrogen-bond donors (Lipinski definition) is 2. The normalized spacial score (nSPS) is 16.7. The predicted octanol–water partition coefficient (Wildman–Crippen LogP) is 3.51. The number of allylic oxidation sites excluding steroid dienone is 2. The van der Waals surface area contributed by atoms with Crippen molar-refractivity contribution in [3.05, 3.63) is 95.0 Å². The number of rotatable bonds is 6. The SMILES string of the molecule is C=c1[nH]nc(-c2ccncc2)c1=CC(=CC)c1cnn(C2CCCN(C(=O)NCc3ccccc3)C2)c1. The minimum absolute atomic E-state index is 0.0324. The molecular formula is C29H31N7O. The van der Waals surface area contributed by atoms with Crippen LogP contribution < -0.4 is 15.9 Å². The standard InChI is InChI=1S/C29H31N7O/c1-3-23(16-27-21(2)33-34-28(27)24-11-13-30-14-12-24)25-18-32-36(19-25)26-10-7-15-35(20-26)29(37)31-17-22-8-5-4-6-9-22/h3-6,8-9,11-14,16,18-19,26,33H,2,7,10,15,17,20H2,1H3,(H,31,37). The number of urea groups is 1. The Morgan fingerprint density at radius 2 is 2.03 bits per heavy atom. The van der Waals surface area contributed by atoms with Gasteiger partial charge in [-0.25, -0.2) is 4.79 Å². The van der Waals surface area contributed by atoms with Crippen LogP contribution in [-0.2, 0) is 6.54 Å². The highest BCUT2D eigenvalue weighted by Crippen LogP contribution is 2.24. The van der Waals surface area contributed by atoms with Gasteiger partial charge in [0, 0.05) is 54.6 Å². The van der Waals surface area contributed by atoms with Gasteiger partial charge in [-0.1, -0.05) is 43.0 Å². The highest BCUT2D eigenvalue weighted by atomic mass is 16.2. The average Bonchev–Trinajstić information content (AvgIpc) is 3.58. The monoisotopic (exact) mass is 493 g/mol. The number of amides is 2. The summed E-state index contributed by atoms with van der Waals surface area (Å²) in [6, 6.07) is 13.9. The molecule has 1 aromatic carbocycles. The fraction of sp³-hybridized carbons (Fsp3) is 0.241. The Kier molecular flexibility index (Phi) is 7.26. The Balaban J connectivity index is 1.31. The number of carbonyl (C=O) groups is 1. The van der Waals surface area contributed by atoms with Crippen molar-refractivity contribution in [3.8, 4) is 11.3 Å². The van der Waals surface area contributed by atoms with E-state index >= 15 is 0 Å². The summed E-state index contributed by atoms with van der Waals surface area (Å²) in [4.78, 5) is 18.8. The molecule has 0 saturated carbocycles. The molecule has 1 atom stereocenters. The van der Waals surface area contributed by atoms with E-state index < -0.39 is 0 Å². The number of nitrogens with zero attached hydrogens (tertiary/aromatic N) is 5. The van der Waals surface area contributed by atoms with Crippen LogP contribution in [0.1, 0.15) is 36.9 Å². The first-order chi connectivity index (χ1) is 18.1. The molecule has 5 rings (SSSR count). The van der Waals surface area contributed by atoms with Crippen molar-refractivity contribution >= 4 is 24.3 Å². The fourth-order valence-electron chi connectivity index (χ4n) is 4.69. The molecule has 0 radical (unpaired) electrons. The first kappa shape index (κ1) is 24.2. The van der Waals surface area contributed by atoms with Gasteiger partial charge in [0.25, 0.3) is 0 Å². The summed E-state index contributed by atoms with van der Waals surface area (Å²) in [5.74, 6) is 0. The maximum atomic E-state index is 12.8. The molecule has 8 heteroatoms. The Morgan fingerprint density at radius 3 is 2.81 bits per heavy atom. The molecule has 37 heavy (non-hydrogen) atoms. The maximum absolute atomic E-state index is 12.8. The van der Waals surface area contributed by atoms with Gasteiger partial charge in [-0.3, -0.25) is 14.8 Å². The number of hydrogen-bond acceptors (Lipinski definition) is 4. The lowest BCUT2D eigenvalue weighted by Crippen LogP contribution is -2.45. The van der Waals surface area contributed by atoms with E-state index in [4.69, 9.17) is 0 Å². The molecule has 3 aromatic heterocycles. The topological polar surface area (TPSA) is 91.7 Å². The quantitative estimate of drug-likeness (QED) is 0.430. The fourth-order valence-corrected chi connectivity index (χ4v) is 4.69. The van der Waals surface area contributed by atoms with Crippen LogP contribution in [0, 0.1) is 0 Å². The van der Waals surface area contributed by atoms with Crippen molar-refractivity contribution in [1.82, 2.24) is 35.2 Å². The summed E-state index contributed by atoms with van der Waals surface area (Å²) in [6.45, 7) is 8.05. The van der Waals surface area contributed by atoms with Crippen LogP contribution >= 0.6 is 0 Å². The number of aromatic nitrogens is 5. The van der Waals surface area contributed by atoms with Gasteiger partial charge in [0.05, 0.1) is 17.6 Å². The zero-order valence-electron chi connectivity index (χ0n) is 21.0. The van der Waals surface area contributed by atoms with E-state index in [1.165, 1.54) is 0 Å². The summed E-state index contributed by atoms with van der Waals surface area (Å²) < 4.78 is 1.99. The minimum Gasteiger partial charge on any atom is -0.334 e. The molecule has 8 nitrogen and oxygen atoms in total. The third-order valence-corrected chi connectivity index (χ3v) is 6.73.